The number of nitrogens with zero attached hydrogens (tertiary/aromatic N) is 6. The van der Waals surface area contributed by atoms with Crippen molar-refractivity contribution in [3.8, 4) is 11.6 Å². The standard InChI is InChI=1S/C24H22ClFN6O/c1-15-13-31(14-27-15)21-9-6-17(28-24(21)33-2)7-10-22-29-23-18(4-3-11-32(23)30-22)16-5-8-19(25)20(26)12-16/h5-10,12-14,18H,3-4,11H2,1-2H3. The van der Waals surface area contributed by atoms with Gasteiger partial charge < -0.3 is 9.30 Å². The molecule has 0 spiro atoms. The molecule has 1 aromatic carbocycles. The van der Waals surface area contributed by atoms with E-state index in [9.17, 15) is 4.39 Å². The van der Waals surface area contributed by atoms with E-state index in [-0.39, 0.29) is 10.9 Å². The Morgan fingerprint density at radius 1 is 1.18 bits per heavy atom. The molecule has 7 nitrogen and oxygen atoms in total. The van der Waals surface area contributed by atoms with E-state index in [1.807, 2.05) is 52.7 Å². The molecule has 0 aliphatic carbocycles. The fourth-order valence-corrected chi connectivity index (χ4v) is 4.20. The zero-order chi connectivity index (χ0) is 22.9. The lowest BCUT2D eigenvalue weighted by atomic mass is 9.91. The molecular weight excluding hydrogens is 443 g/mol. The molecule has 0 N–H and O–H groups in total. The van der Waals surface area contributed by atoms with Gasteiger partial charge >= 0.3 is 0 Å². The maximum absolute atomic E-state index is 14.0. The van der Waals surface area contributed by atoms with E-state index >= 15 is 0 Å². The van der Waals surface area contributed by atoms with Crippen molar-refractivity contribution in [1.29, 1.82) is 0 Å². The van der Waals surface area contributed by atoms with Crippen LogP contribution in [0, 0.1) is 12.7 Å². The van der Waals surface area contributed by atoms with Crippen LogP contribution >= 0.6 is 11.6 Å². The zero-order valence-electron chi connectivity index (χ0n) is 18.2. The molecule has 0 amide bonds. The summed E-state index contributed by atoms with van der Waals surface area (Å²) in [5.41, 5.74) is 3.30. The molecular formula is C24H22ClFN6O. The number of aromatic nitrogens is 6. The number of hydrogen-bond acceptors (Lipinski definition) is 5. The van der Waals surface area contributed by atoms with Crippen LogP contribution < -0.4 is 4.74 Å². The summed E-state index contributed by atoms with van der Waals surface area (Å²) in [6, 6.07) is 8.78. The highest BCUT2D eigenvalue weighted by Crippen LogP contribution is 2.33. The third-order valence-corrected chi connectivity index (χ3v) is 5.99. The van der Waals surface area contributed by atoms with Crippen LogP contribution in [-0.2, 0) is 6.54 Å². The van der Waals surface area contributed by atoms with Crippen LogP contribution in [0.3, 0.4) is 0 Å². The van der Waals surface area contributed by atoms with Gasteiger partial charge in [0.1, 0.15) is 17.3 Å². The smallest absolute Gasteiger partial charge is 0.238 e. The summed E-state index contributed by atoms with van der Waals surface area (Å²) < 4.78 is 23.3. The topological polar surface area (TPSA) is 70.7 Å². The molecule has 1 atom stereocenters. The quantitative estimate of drug-likeness (QED) is 0.412. The van der Waals surface area contributed by atoms with Crippen molar-refractivity contribution in [3.05, 3.63) is 82.3 Å². The molecule has 33 heavy (non-hydrogen) atoms. The lowest BCUT2D eigenvalue weighted by Gasteiger charge is -2.22. The van der Waals surface area contributed by atoms with Gasteiger partial charge in [0.25, 0.3) is 0 Å². The molecule has 0 saturated carbocycles. The van der Waals surface area contributed by atoms with E-state index in [1.54, 1.807) is 19.5 Å². The number of aryl methyl sites for hydroxylation is 2. The first-order chi connectivity index (χ1) is 16.0. The summed E-state index contributed by atoms with van der Waals surface area (Å²) in [5.74, 6) is 1.48. The minimum atomic E-state index is -0.416. The van der Waals surface area contributed by atoms with E-state index < -0.39 is 5.82 Å². The van der Waals surface area contributed by atoms with Crippen molar-refractivity contribution >= 4 is 23.8 Å². The zero-order valence-corrected chi connectivity index (χ0v) is 19.0. The minimum Gasteiger partial charge on any atom is -0.479 e. The van der Waals surface area contributed by atoms with Crippen LogP contribution in [0.25, 0.3) is 17.8 Å². The van der Waals surface area contributed by atoms with Gasteiger partial charge in [-0.25, -0.2) is 24.0 Å². The fraction of sp³-hybridized carbons (Fsp3) is 0.250. The van der Waals surface area contributed by atoms with Gasteiger partial charge in [0.2, 0.25) is 5.88 Å². The summed E-state index contributed by atoms with van der Waals surface area (Å²) in [7, 11) is 1.59. The maximum Gasteiger partial charge on any atom is 0.238 e. The summed E-state index contributed by atoms with van der Waals surface area (Å²) in [4.78, 5) is 13.6. The Balaban J connectivity index is 1.41. The van der Waals surface area contributed by atoms with Gasteiger partial charge in [-0.2, -0.15) is 5.10 Å². The lowest BCUT2D eigenvalue weighted by Crippen LogP contribution is -2.18. The van der Waals surface area contributed by atoms with Crippen molar-refractivity contribution < 1.29 is 9.13 Å². The van der Waals surface area contributed by atoms with E-state index in [0.29, 0.717) is 11.7 Å². The number of rotatable bonds is 5. The molecule has 1 aliphatic rings. The molecule has 4 heterocycles. The van der Waals surface area contributed by atoms with Gasteiger partial charge in [-0.1, -0.05) is 17.7 Å². The Labute approximate surface area is 195 Å². The Morgan fingerprint density at radius 3 is 2.82 bits per heavy atom. The second-order valence-corrected chi connectivity index (χ2v) is 8.35. The Hall–Kier alpha value is -3.52. The van der Waals surface area contributed by atoms with Crippen LogP contribution in [0.2, 0.25) is 5.02 Å². The third kappa shape index (κ3) is 4.26. The molecule has 0 bridgehead atoms. The fourth-order valence-electron chi connectivity index (χ4n) is 4.08. The predicted octanol–water partition coefficient (Wildman–Crippen LogP) is 5.06. The highest BCUT2D eigenvalue weighted by atomic mass is 35.5. The van der Waals surface area contributed by atoms with Gasteiger partial charge in [-0.05, 0) is 61.7 Å². The molecule has 5 rings (SSSR count). The van der Waals surface area contributed by atoms with Crippen molar-refractivity contribution in [2.75, 3.05) is 7.11 Å². The molecule has 4 aromatic rings. The SMILES string of the molecule is COc1nc(C=Cc2nc3n(n2)CCCC3c2ccc(Cl)c(F)c2)ccc1-n1cnc(C)c1. The number of fused-ring (bicyclic) bond motifs is 1. The van der Waals surface area contributed by atoms with E-state index in [0.717, 1.165) is 47.8 Å². The largest absolute Gasteiger partial charge is 0.479 e. The first-order valence-corrected chi connectivity index (χ1v) is 11.0. The van der Waals surface area contributed by atoms with Crippen molar-refractivity contribution in [3.63, 3.8) is 0 Å². The highest BCUT2D eigenvalue weighted by Gasteiger charge is 2.26. The van der Waals surface area contributed by atoms with Crippen LogP contribution in [0.5, 0.6) is 5.88 Å². The Kier molecular flexibility index (Phi) is 5.68. The van der Waals surface area contributed by atoms with Crippen molar-refractivity contribution in [2.45, 2.75) is 32.2 Å². The number of benzene rings is 1. The van der Waals surface area contributed by atoms with E-state index in [2.05, 4.69) is 15.1 Å². The summed E-state index contributed by atoms with van der Waals surface area (Å²) in [6.45, 7) is 2.72. The maximum atomic E-state index is 14.0. The Morgan fingerprint density at radius 2 is 2.06 bits per heavy atom. The molecule has 1 aliphatic heterocycles. The Bertz CT molecular complexity index is 1340. The van der Waals surface area contributed by atoms with Crippen LogP contribution in [0.15, 0.2) is 42.9 Å². The number of halogens is 2. The minimum absolute atomic E-state index is 0.0173. The average molecular weight is 465 g/mol. The van der Waals surface area contributed by atoms with E-state index in [1.165, 1.54) is 6.07 Å². The molecule has 0 radical (unpaired) electrons. The molecule has 0 fully saturated rings. The molecule has 9 heteroatoms. The predicted molar refractivity (Wildman–Crippen MR) is 124 cm³/mol. The molecule has 1 unspecified atom stereocenters. The average Bonchev–Trinajstić information content (AvgIpc) is 3.45. The molecule has 3 aromatic heterocycles. The number of ether oxygens (including phenoxy) is 1. The lowest BCUT2D eigenvalue weighted by molar-refractivity contribution is 0.395. The van der Waals surface area contributed by atoms with Crippen molar-refractivity contribution in [2.24, 2.45) is 0 Å². The highest BCUT2D eigenvalue weighted by molar-refractivity contribution is 6.30. The van der Waals surface area contributed by atoms with E-state index in [4.69, 9.17) is 21.3 Å². The summed E-state index contributed by atoms with van der Waals surface area (Å²) in [6.07, 6.45) is 9.15. The van der Waals surface area contributed by atoms with Gasteiger partial charge in [-0.15, -0.1) is 0 Å². The monoisotopic (exact) mass is 464 g/mol. The first-order valence-electron chi connectivity index (χ1n) is 10.7. The van der Waals surface area contributed by atoms with Gasteiger partial charge in [0.05, 0.1) is 29.8 Å². The third-order valence-electron chi connectivity index (χ3n) is 5.69. The van der Waals surface area contributed by atoms with Crippen LogP contribution in [0.4, 0.5) is 4.39 Å². The van der Waals surface area contributed by atoms with Crippen LogP contribution in [0.1, 0.15) is 47.4 Å². The normalized spacial score (nSPS) is 15.7. The number of imidazole rings is 1. The summed E-state index contributed by atoms with van der Waals surface area (Å²) in [5, 5.41) is 4.74. The number of hydrogen-bond donors (Lipinski definition) is 0. The first kappa shape index (κ1) is 21.3. The molecule has 168 valence electrons. The number of methoxy groups -OCH3 is 1. The van der Waals surface area contributed by atoms with Gasteiger partial charge in [0.15, 0.2) is 5.82 Å². The van der Waals surface area contributed by atoms with Gasteiger partial charge in [0, 0.05) is 18.7 Å². The second kappa shape index (κ2) is 8.78. The van der Waals surface area contributed by atoms with Crippen LogP contribution in [-0.4, -0.2) is 36.4 Å². The number of pyridine rings is 1. The second-order valence-electron chi connectivity index (χ2n) is 7.94. The summed E-state index contributed by atoms with van der Waals surface area (Å²) >= 11 is 5.85. The van der Waals surface area contributed by atoms with Crippen molar-refractivity contribution in [1.82, 2.24) is 29.3 Å². The molecule has 0 saturated heterocycles. The van der Waals surface area contributed by atoms with Gasteiger partial charge in [-0.3, -0.25) is 0 Å².